The number of nitriles is 1. The first-order chi connectivity index (χ1) is 8.28. The Morgan fingerprint density at radius 1 is 1.24 bits per heavy atom. The van der Waals surface area contributed by atoms with E-state index in [1.54, 1.807) is 12.1 Å². The second-order valence-electron chi connectivity index (χ2n) is 4.27. The van der Waals surface area contributed by atoms with Crippen LogP contribution in [0.25, 0.3) is 0 Å². The minimum absolute atomic E-state index is 0.522. The number of hydrogen-bond acceptors (Lipinski definition) is 2. The molecule has 0 radical (unpaired) electrons. The van der Waals surface area contributed by atoms with Crippen LogP contribution in [0.5, 0.6) is 0 Å². The number of nitrogens with one attached hydrogen (secondary N) is 2. The molecule has 17 heavy (non-hydrogen) atoms. The molecule has 0 aromatic heterocycles. The predicted octanol–water partition coefficient (Wildman–Crippen LogP) is 2.79. The Morgan fingerprint density at radius 2 is 1.88 bits per heavy atom. The first-order valence-corrected chi connectivity index (χ1v) is 6.26. The molecule has 0 aliphatic heterocycles. The van der Waals surface area contributed by atoms with Gasteiger partial charge in [0.1, 0.15) is 0 Å². The van der Waals surface area contributed by atoms with Crippen molar-refractivity contribution in [1.29, 1.82) is 5.26 Å². The molecule has 0 saturated heterocycles. The van der Waals surface area contributed by atoms with Gasteiger partial charge < -0.3 is 10.6 Å². The molecule has 0 amide bonds. The van der Waals surface area contributed by atoms with Crippen molar-refractivity contribution in [1.82, 2.24) is 5.32 Å². The number of anilines is 1. The summed E-state index contributed by atoms with van der Waals surface area (Å²) in [5.41, 5.74) is 1.57. The van der Waals surface area contributed by atoms with Crippen molar-refractivity contribution in [3.63, 3.8) is 0 Å². The quantitative estimate of drug-likeness (QED) is 0.787. The first kappa shape index (κ1) is 11.9. The number of hydrogen-bond donors (Lipinski definition) is 2. The lowest BCUT2D eigenvalue weighted by Crippen LogP contribution is -2.35. The molecule has 1 aliphatic carbocycles. The van der Waals surface area contributed by atoms with Crippen LogP contribution >= 0.6 is 12.2 Å². The van der Waals surface area contributed by atoms with Gasteiger partial charge in [0, 0.05) is 11.7 Å². The van der Waals surface area contributed by atoms with E-state index < -0.39 is 0 Å². The molecule has 88 valence electrons. The smallest absolute Gasteiger partial charge is 0.170 e. The van der Waals surface area contributed by atoms with Crippen LogP contribution in [0.3, 0.4) is 0 Å². The van der Waals surface area contributed by atoms with Crippen LogP contribution in [0.1, 0.15) is 31.2 Å². The van der Waals surface area contributed by atoms with Gasteiger partial charge in [0.25, 0.3) is 0 Å². The van der Waals surface area contributed by atoms with E-state index in [0.29, 0.717) is 16.7 Å². The average molecular weight is 245 g/mol. The van der Waals surface area contributed by atoms with E-state index in [9.17, 15) is 0 Å². The van der Waals surface area contributed by atoms with Crippen molar-refractivity contribution in [3.05, 3.63) is 29.8 Å². The van der Waals surface area contributed by atoms with E-state index in [0.717, 1.165) is 5.69 Å². The standard InChI is InChI=1S/C13H15N3S/c14-9-10-5-7-12(8-6-10)16-13(17)15-11-3-1-2-4-11/h5-8,11H,1-4H2,(H2,15,16,17). The lowest BCUT2D eigenvalue weighted by atomic mass is 10.2. The highest BCUT2D eigenvalue weighted by Gasteiger charge is 2.15. The molecule has 4 heteroatoms. The maximum Gasteiger partial charge on any atom is 0.170 e. The van der Waals surface area contributed by atoms with Crippen molar-refractivity contribution in [3.8, 4) is 6.07 Å². The molecule has 0 atom stereocenters. The Morgan fingerprint density at radius 3 is 2.47 bits per heavy atom. The second-order valence-corrected chi connectivity index (χ2v) is 4.68. The zero-order chi connectivity index (χ0) is 12.1. The molecule has 0 unspecified atom stereocenters. The molecule has 1 fully saturated rings. The Labute approximate surface area is 107 Å². The van der Waals surface area contributed by atoms with Crippen molar-refractivity contribution in [2.45, 2.75) is 31.7 Å². The largest absolute Gasteiger partial charge is 0.360 e. The van der Waals surface area contributed by atoms with Gasteiger partial charge in [-0.05, 0) is 49.3 Å². The van der Waals surface area contributed by atoms with Gasteiger partial charge in [-0.25, -0.2) is 0 Å². The topological polar surface area (TPSA) is 47.9 Å². The Bertz CT molecular complexity index is 427. The summed E-state index contributed by atoms with van der Waals surface area (Å²) in [4.78, 5) is 0. The minimum atomic E-state index is 0.522. The number of thiocarbonyl (C=S) groups is 1. The van der Waals surface area contributed by atoms with E-state index in [2.05, 4.69) is 16.7 Å². The molecule has 1 saturated carbocycles. The molecular formula is C13H15N3S. The second kappa shape index (κ2) is 5.65. The van der Waals surface area contributed by atoms with Crippen LogP contribution < -0.4 is 10.6 Å². The molecule has 1 aromatic carbocycles. The van der Waals surface area contributed by atoms with E-state index in [4.69, 9.17) is 17.5 Å². The highest BCUT2D eigenvalue weighted by atomic mass is 32.1. The van der Waals surface area contributed by atoms with Crippen LogP contribution in [0.2, 0.25) is 0 Å². The summed E-state index contributed by atoms with van der Waals surface area (Å²) in [6, 6.07) is 9.89. The lowest BCUT2D eigenvalue weighted by Gasteiger charge is -2.15. The number of benzene rings is 1. The first-order valence-electron chi connectivity index (χ1n) is 5.85. The van der Waals surface area contributed by atoms with Gasteiger partial charge >= 0.3 is 0 Å². The summed E-state index contributed by atoms with van der Waals surface area (Å²) >= 11 is 5.25. The zero-order valence-electron chi connectivity index (χ0n) is 9.57. The van der Waals surface area contributed by atoms with Gasteiger partial charge in [-0.15, -0.1) is 0 Å². The molecule has 0 spiro atoms. The molecule has 0 bridgehead atoms. The van der Waals surface area contributed by atoms with Gasteiger partial charge in [0.2, 0.25) is 0 Å². The summed E-state index contributed by atoms with van der Waals surface area (Å²) < 4.78 is 0. The van der Waals surface area contributed by atoms with Crippen LogP contribution in [-0.4, -0.2) is 11.2 Å². The average Bonchev–Trinajstić information content (AvgIpc) is 2.82. The minimum Gasteiger partial charge on any atom is -0.360 e. The fourth-order valence-corrected chi connectivity index (χ4v) is 2.34. The molecule has 2 rings (SSSR count). The fourth-order valence-electron chi connectivity index (χ4n) is 2.05. The maximum atomic E-state index is 8.69. The molecule has 1 aromatic rings. The summed E-state index contributed by atoms with van der Waals surface area (Å²) in [6.45, 7) is 0. The van der Waals surface area contributed by atoms with Crippen LogP contribution in [-0.2, 0) is 0 Å². The van der Waals surface area contributed by atoms with Crippen LogP contribution in [0.15, 0.2) is 24.3 Å². The molecule has 2 N–H and O–H groups in total. The molecular weight excluding hydrogens is 230 g/mol. The third-order valence-electron chi connectivity index (χ3n) is 2.96. The third kappa shape index (κ3) is 3.43. The third-order valence-corrected chi connectivity index (χ3v) is 3.18. The summed E-state index contributed by atoms with van der Waals surface area (Å²) in [5, 5.41) is 15.8. The van der Waals surface area contributed by atoms with Gasteiger partial charge in [-0.3, -0.25) is 0 Å². The van der Waals surface area contributed by atoms with Gasteiger partial charge in [0.05, 0.1) is 11.6 Å². The number of nitrogens with zero attached hydrogens (tertiary/aromatic N) is 1. The lowest BCUT2D eigenvalue weighted by molar-refractivity contribution is 0.634. The zero-order valence-corrected chi connectivity index (χ0v) is 10.4. The predicted molar refractivity (Wildman–Crippen MR) is 72.8 cm³/mol. The summed E-state index contributed by atoms with van der Waals surface area (Å²) in [6.07, 6.45) is 4.98. The van der Waals surface area contributed by atoms with Crippen molar-refractivity contribution in [2.75, 3.05) is 5.32 Å². The van der Waals surface area contributed by atoms with Crippen molar-refractivity contribution < 1.29 is 0 Å². The highest BCUT2D eigenvalue weighted by Crippen LogP contribution is 2.17. The summed E-state index contributed by atoms with van der Waals surface area (Å²) in [7, 11) is 0. The monoisotopic (exact) mass is 245 g/mol. The van der Waals surface area contributed by atoms with E-state index in [1.807, 2.05) is 12.1 Å². The van der Waals surface area contributed by atoms with E-state index in [1.165, 1.54) is 25.7 Å². The molecule has 0 heterocycles. The number of rotatable bonds is 2. The molecule has 3 nitrogen and oxygen atoms in total. The van der Waals surface area contributed by atoms with E-state index >= 15 is 0 Å². The van der Waals surface area contributed by atoms with Crippen LogP contribution in [0.4, 0.5) is 5.69 Å². The molecule has 1 aliphatic rings. The van der Waals surface area contributed by atoms with Gasteiger partial charge in [-0.1, -0.05) is 12.8 Å². The Hall–Kier alpha value is -1.60. The Kier molecular flexibility index (Phi) is 3.94. The maximum absolute atomic E-state index is 8.69. The SMILES string of the molecule is N#Cc1ccc(NC(=S)NC2CCCC2)cc1. The Balaban J connectivity index is 1.86. The van der Waals surface area contributed by atoms with Gasteiger partial charge in [0.15, 0.2) is 5.11 Å². The van der Waals surface area contributed by atoms with Crippen LogP contribution in [0, 0.1) is 11.3 Å². The summed E-state index contributed by atoms with van der Waals surface area (Å²) in [5.74, 6) is 0. The van der Waals surface area contributed by atoms with E-state index in [-0.39, 0.29) is 0 Å². The fraction of sp³-hybridized carbons (Fsp3) is 0.385. The van der Waals surface area contributed by atoms with Gasteiger partial charge in [-0.2, -0.15) is 5.26 Å². The van der Waals surface area contributed by atoms with Crippen molar-refractivity contribution >= 4 is 23.0 Å². The normalized spacial score (nSPS) is 15.2. The van der Waals surface area contributed by atoms with Crippen molar-refractivity contribution in [2.24, 2.45) is 0 Å². The highest BCUT2D eigenvalue weighted by molar-refractivity contribution is 7.80.